The number of aryl methyl sites for hydroxylation is 1. The second-order valence-electron chi connectivity index (χ2n) is 6.21. The van der Waals surface area contributed by atoms with Crippen molar-refractivity contribution in [2.45, 2.75) is 36.3 Å². The molecule has 0 atom stereocenters. The molecule has 1 aromatic carbocycles. The van der Waals surface area contributed by atoms with Crippen LogP contribution in [0.2, 0.25) is 0 Å². The Hall–Kier alpha value is -2.19. The Morgan fingerprint density at radius 1 is 1.24 bits per heavy atom. The van der Waals surface area contributed by atoms with Gasteiger partial charge in [0, 0.05) is 22.5 Å². The molecular formula is C17H17N3O3S2. The Balaban J connectivity index is 1.55. The van der Waals surface area contributed by atoms with Gasteiger partial charge in [-0.2, -0.15) is 4.98 Å². The summed E-state index contributed by atoms with van der Waals surface area (Å²) in [6, 6.07) is 8.78. The molecule has 8 heteroatoms. The smallest absolute Gasteiger partial charge is 0.271 e. The van der Waals surface area contributed by atoms with Crippen LogP contribution in [0.25, 0.3) is 11.4 Å². The van der Waals surface area contributed by atoms with Gasteiger partial charge in [0.15, 0.2) is 0 Å². The molecule has 2 heterocycles. The highest BCUT2D eigenvalue weighted by atomic mass is 32.2. The van der Waals surface area contributed by atoms with Crippen LogP contribution >= 0.6 is 11.3 Å². The van der Waals surface area contributed by atoms with Gasteiger partial charge in [-0.05, 0) is 38.0 Å². The molecule has 2 aromatic heterocycles. The van der Waals surface area contributed by atoms with E-state index >= 15 is 0 Å². The molecule has 0 spiro atoms. The summed E-state index contributed by atoms with van der Waals surface area (Å²) in [4.78, 5) is 4.41. The quantitative estimate of drug-likeness (QED) is 0.723. The maximum absolute atomic E-state index is 12.5. The molecule has 0 saturated heterocycles. The van der Waals surface area contributed by atoms with Gasteiger partial charge in [-0.15, -0.1) is 11.3 Å². The monoisotopic (exact) mass is 375 g/mol. The fourth-order valence-electron chi connectivity index (χ4n) is 2.58. The van der Waals surface area contributed by atoms with E-state index in [1.54, 1.807) is 23.6 Å². The Labute approximate surface area is 150 Å². The Morgan fingerprint density at radius 3 is 2.68 bits per heavy atom. The average molecular weight is 375 g/mol. The van der Waals surface area contributed by atoms with Crippen LogP contribution in [0.3, 0.4) is 0 Å². The van der Waals surface area contributed by atoms with Crippen LogP contribution in [0.1, 0.15) is 36.6 Å². The second-order valence-corrected chi connectivity index (χ2v) is 9.03. The summed E-state index contributed by atoms with van der Waals surface area (Å²) in [6.45, 7) is 1.95. The molecule has 0 amide bonds. The molecule has 1 aliphatic carbocycles. The average Bonchev–Trinajstić information content (AvgIpc) is 3.17. The summed E-state index contributed by atoms with van der Waals surface area (Å²) < 4.78 is 33.2. The maximum atomic E-state index is 12.5. The van der Waals surface area contributed by atoms with Crippen LogP contribution in [0.15, 0.2) is 44.4 Å². The summed E-state index contributed by atoms with van der Waals surface area (Å²) in [5.41, 5.74) is 2.26. The van der Waals surface area contributed by atoms with Crippen LogP contribution in [-0.4, -0.2) is 18.6 Å². The molecule has 0 unspecified atom stereocenters. The lowest BCUT2D eigenvalue weighted by Crippen LogP contribution is -2.11. The predicted molar refractivity (Wildman–Crippen MR) is 96.2 cm³/mol. The van der Waals surface area contributed by atoms with E-state index < -0.39 is 10.0 Å². The molecule has 1 saturated carbocycles. The molecule has 1 N–H and O–H groups in total. The van der Waals surface area contributed by atoms with Crippen molar-refractivity contribution in [3.05, 3.63) is 47.2 Å². The number of nitrogens with one attached hydrogen (secondary N) is 1. The fraction of sp³-hybridized carbons (Fsp3) is 0.294. The number of nitrogens with zero attached hydrogens (tertiary/aromatic N) is 2. The van der Waals surface area contributed by atoms with Crippen molar-refractivity contribution in [1.82, 2.24) is 10.1 Å². The summed E-state index contributed by atoms with van der Waals surface area (Å²) in [7, 11) is -3.63. The third kappa shape index (κ3) is 3.32. The highest BCUT2D eigenvalue weighted by molar-refractivity contribution is 7.94. The van der Waals surface area contributed by atoms with Gasteiger partial charge in [0.25, 0.3) is 10.0 Å². The number of aromatic nitrogens is 2. The SMILES string of the molecule is Cc1ccc(NS(=O)(=O)c2cc(-c3noc(C4CCC4)n3)cs2)cc1. The molecule has 1 fully saturated rings. The van der Waals surface area contributed by atoms with Crippen molar-refractivity contribution >= 4 is 27.0 Å². The summed E-state index contributed by atoms with van der Waals surface area (Å²) in [6.07, 6.45) is 3.34. The van der Waals surface area contributed by atoms with Crippen LogP contribution in [-0.2, 0) is 10.0 Å². The Morgan fingerprint density at radius 2 is 2.00 bits per heavy atom. The zero-order chi connectivity index (χ0) is 17.4. The summed E-state index contributed by atoms with van der Waals surface area (Å²) >= 11 is 1.14. The minimum atomic E-state index is -3.63. The third-order valence-electron chi connectivity index (χ3n) is 4.30. The second kappa shape index (κ2) is 6.27. The lowest BCUT2D eigenvalue weighted by atomic mass is 9.85. The number of hydrogen-bond donors (Lipinski definition) is 1. The zero-order valence-corrected chi connectivity index (χ0v) is 15.2. The number of rotatable bonds is 5. The Bertz CT molecular complexity index is 986. The number of thiophene rings is 1. The maximum Gasteiger partial charge on any atom is 0.271 e. The van der Waals surface area contributed by atoms with Crippen molar-refractivity contribution in [3.63, 3.8) is 0 Å². The van der Waals surface area contributed by atoms with Gasteiger partial charge in [0.05, 0.1) is 0 Å². The van der Waals surface area contributed by atoms with Crippen LogP contribution < -0.4 is 4.72 Å². The van der Waals surface area contributed by atoms with E-state index in [4.69, 9.17) is 4.52 Å². The van der Waals surface area contributed by atoms with E-state index in [1.807, 2.05) is 19.1 Å². The number of sulfonamides is 1. The van der Waals surface area contributed by atoms with Crippen molar-refractivity contribution in [2.75, 3.05) is 4.72 Å². The number of hydrogen-bond acceptors (Lipinski definition) is 6. The lowest BCUT2D eigenvalue weighted by Gasteiger charge is -2.20. The molecule has 25 heavy (non-hydrogen) atoms. The summed E-state index contributed by atoms with van der Waals surface area (Å²) in [5.74, 6) is 1.44. The van der Waals surface area contributed by atoms with Crippen molar-refractivity contribution in [1.29, 1.82) is 0 Å². The topological polar surface area (TPSA) is 85.1 Å². The van der Waals surface area contributed by atoms with Crippen LogP contribution in [0, 0.1) is 6.92 Å². The van der Waals surface area contributed by atoms with Gasteiger partial charge in [0.1, 0.15) is 4.21 Å². The van der Waals surface area contributed by atoms with Crippen molar-refractivity contribution < 1.29 is 12.9 Å². The molecule has 1 aliphatic rings. The van der Waals surface area contributed by atoms with Gasteiger partial charge in [-0.1, -0.05) is 29.3 Å². The first-order chi connectivity index (χ1) is 12.0. The van der Waals surface area contributed by atoms with Gasteiger partial charge < -0.3 is 4.52 Å². The van der Waals surface area contributed by atoms with Gasteiger partial charge in [-0.25, -0.2) is 8.42 Å². The van der Waals surface area contributed by atoms with E-state index in [0.717, 1.165) is 29.7 Å². The molecule has 4 rings (SSSR count). The number of anilines is 1. The van der Waals surface area contributed by atoms with Crippen LogP contribution in [0.5, 0.6) is 0 Å². The van der Waals surface area contributed by atoms with E-state index in [2.05, 4.69) is 14.9 Å². The van der Waals surface area contributed by atoms with Crippen LogP contribution in [0.4, 0.5) is 5.69 Å². The first-order valence-electron chi connectivity index (χ1n) is 8.03. The molecule has 6 nitrogen and oxygen atoms in total. The summed E-state index contributed by atoms with van der Waals surface area (Å²) in [5, 5.41) is 5.72. The zero-order valence-electron chi connectivity index (χ0n) is 13.6. The first-order valence-corrected chi connectivity index (χ1v) is 10.4. The first kappa shape index (κ1) is 16.3. The normalized spacial score (nSPS) is 15.1. The van der Waals surface area contributed by atoms with E-state index in [1.165, 1.54) is 6.42 Å². The van der Waals surface area contributed by atoms with Gasteiger partial charge >= 0.3 is 0 Å². The van der Waals surface area contributed by atoms with E-state index in [0.29, 0.717) is 28.9 Å². The van der Waals surface area contributed by atoms with Gasteiger partial charge in [-0.3, -0.25) is 4.72 Å². The highest BCUT2D eigenvalue weighted by Crippen LogP contribution is 2.36. The minimum Gasteiger partial charge on any atom is -0.339 e. The largest absolute Gasteiger partial charge is 0.339 e. The lowest BCUT2D eigenvalue weighted by molar-refractivity contribution is 0.292. The molecule has 3 aromatic rings. The minimum absolute atomic E-state index is 0.220. The highest BCUT2D eigenvalue weighted by Gasteiger charge is 2.26. The molecule has 0 radical (unpaired) electrons. The fourth-order valence-corrected chi connectivity index (χ4v) is 4.79. The van der Waals surface area contributed by atoms with E-state index in [-0.39, 0.29) is 4.21 Å². The molecule has 130 valence electrons. The number of benzene rings is 1. The predicted octanol–water partition coefficient (Wildman–Crippen LogP) is 4.17. The third-order valence-corrected chi connectivity index (χ3v) is 7.12. The molecule has 0 bridgehead atoms. The molecule has 0 aliphatic heterocycles. The Kier molecular flexibility index (Phi) is 4.09. The molecular weight excluding hydrogens is 358 g/mol. The standard InChI is InChI=1S/C17H17N3O3S2/c1-11-5-7-14(8-6-11)20-25(21,22)15-9-13(10-24-15)16-18-17(23-19-16)12-3-2-4-12/h5-10,12,20H,2-4H2,1H3. The van der Waals surface area contributed by atoms with Crippen molar-refractivity contribution in [2.24, 2.45) is 0 Å². The van der Waals surface area contributed by atoms with Gasteiger partial charge in [0.2, 0.25) is 11.7 Å². The van der Waals surface area contributed by atoms with E-state index in [9.17, 15) is 8.42 Å². The van der Waals surface area contributed by atoms with Crippen molar-refractivity contribution in [3.8, 4) is 11.4 Å².